The van der Waals surface area contributed by atoms with Crippen LogP contribution in [0.3, 0.4) is 0 Å². The average Bonchev–Trinajstić information content (AvgIpc) is 3.34. The Balaban J connectivity index is 1.56. The third-order valence-electron chi connectivity index (χ3n) is 5.15. The van der Waals surface area contributed by atoms with Gasteiger partial charge in [0.1, 0.15) is 11.6 Å². The molecule has 0 spiro atoms. The van der Waals surface area contributed by atoms with E-state index in [9.17, 15) is 14.0 Å². The van der Waals surface area contributed by atoms with Crippen LogP contribution < -0.4 is 5.32 Å². The summed E-state index contributed by atoms with van der Waals surface area (Å²) >= 11 is 0. The molecule has 2 heterocycles. The van der Waals surface area contributed by atoms with Crippen molar-refractivity contribution >= 4 is 33.6 Å². The molecule has 3 aromatic carbocycles. The average molecular weight is 389 g/mol. The van der Waals surface area contributed by atoms with Gasteiger partial charge in [-0.05, 0) is 29.0 Å². The topological polar surface area (TPSA) is 84.1 Å². The molecule has 5 rings (SSSR count). The molecule has 0 unspecified atom stereocenters. The molecule has 0 radical (unpaired) electrons. The van der Waals surface area contributed by atoms with Crippen LogP contribution in [0.5, 0.6) is 0 Å². The van der Waals surface area contributed by atoms with E-state index in [0.717, 1.165) is 22.4 Å². The van der Waals surface area contributed by atoms with Crippen LogP contribution in [0.4, 0.5) is 4.39 Å². The van der Waals surface area contributed by atoms with Crippen LogP contribution >= 0.6 is 0 Å². The maximum absolute atomic E-state index is 14.6. The molecular formula is C22H16FN3O3. The summed E-state index contributed by atoms with van der Waals surface area (Å²) in [6, 6.07) is 15.8. The number of H-pyrrole nitrogens is 1. The number of ether oxygens (including phenoxy) is 1. The molecule has 0 aliphatic carbocycles. The summed E-state index contributed by atoms with van der Waals surface area (Å²) < 4.78 is 19.5. The fraction of sp³-hybridized carbons (Fsp3) is 0.136. The number of nitrogens with one attached hydrogen (secondary N) is 2. The van der Waals surface area contributed by atoms with Gasteiger partial charge in [-0.25, -0.2) is 9.18 Å². The van der Waals surface area contributed by atoms with E-state index >= 15 is 0 Å². The van der Waals surface area contributed by atoms with Gasteiger partial charge in [-0.15, -0.1) is 0 Å². The number of rotatable bonds is 3. The predicted octanol–water partition coefficient (Wildman–Crippen LogP) is 3.57. The predicted molar refractivity (Wildman–Crippen MR) is 106 cm³/mol. The molecule has 1 saturated heterocycles. The minimum Gasteiger partial charge on any atom is -0.464 e. The number of halogens is 1. The van der Waals surface area contributed by atoms with Crippen LogP contribution in [-0.4, -0.2) is 34.7 Å². The molecule has 2 N–H and O–H groups in total. The molecule has 1 aliphatic rings. The highest BCUT2D eigenvalue weighted by molar-refractivity contribution is 6.03. The second-order valence-corrected chi connectivity index (χ2v) is 7.00. The largest absolute Gasteiger partial charge is 0.464 e. The fourth-order valence-corrected chi connectivity index (χ4v) is 3.64. The lowest BCUT2D eigenvalue weighted by Gasteiger charge is -2.09. The molecule has 0 saturated carbocycles. The Kier molecular flexibility index (Phi) is 4.01. The Hall–Kier alpha value is -3.74. The zero-order valence-electron chi connectivity index (χ0n) is 15.2. The number of carbonyl (C=O) groups excluding carboxylic acids is 2. The molecule has 1 amide bonds. The van der Waals surface area contributed by atoms with Gasteiger partial charge in [0.05, 0.1) is 12.3 Å². The second-order valence-electron chi connectivity index (χ2n) is 7.00. The summed E-state index contributed by atoms with van der Waals surface area (Å²) in [4.78, 5) is 24.2. The van der Waals surface area contributed by atoms with Crippen molar-refractivity contribution in [1.82, 2.24) is 15.5 Å². The van der Waals surface area contributed by atoms with E-state index in [4.69, 9.17) is 4.74 Å². The summed E-state index contributed by atoms with van der Waals surface area (Å²) in [6.45, 7) is 0.269. The highest BCUT2D eigenvalue weighted by Crippen LogP contribution is 2.31. The highest BCUT2D eigenvalue weighted by atomic mass is 19.1. The van der Waals surface area contributed by atoms with Gasteiger partial charge in [0.25, 0.3) is 5.91 Å². The number of carbonyl (C=O) groups is 2. The number of benzene rings is 3. The monoisotopic (exact) mass is 389 g/mol. The molecule has 1 fully saturated rings. The van der Waals surface area contributed by atoms with Crippen molar-refractivity contribution in [2.45, 2.75) is 12.5 Å². The number of cyclic esters (lactones) is 1. The fourth-order valence-electron chi connectivity index (χ4n) is 3.64. The summed E-state index contributed by atoms with van der Waals surface area (Å²) in [5.74, 6) is -1.61. The van der Waals surface area contributed by atoms with Gasteiger partial charge >= 0.3 is 5.97 Å². The van der Waals surface area contributed by atoms with E-state index in [2.05, 4.69) is 15.5 Å². The maximum atomic E-state index is 14.6. The lowest BCUT2D eigenvalue weighted by Crippen LogP contribution is -2.37. The lowest BCUT2D eigenvalue weighted by atomic mass is 10.0. The number of esters is 1. The van der Waals surface area contributed by atoms with Crippen LogP contribution in [0.25, 0.3) is 32.9 Å². The molecule has 1 atom stereocenters. The molecule has 144 valence electrons. The summed E-state index contributed by atoms with van der Waals surface area (Å²) in [7, 11) is 0. The molecule has 7 heteroatoms. The van der Waals surface area contributed by atoms with E-state index in [1.165, 1.54) is 0 Å². The Bertz CT molecular complexity index is 1280. The minimum atomic E-state index is -0.703. The SMILES string of the molecule is O=C(N[C@@H]1CCOC1=O)c1cc(F)c2n[nH]c(-c3ccc4ccccc4c3)c2c1. The number of amides is 1. The Morgan fingerprint density at radius 1 is 1.14 bits per heavy atom. The van der Waals surface area contributed by atoms with E-state index in [0.29, 0.717) is 17.5 Å². The van der Waals surface area contributed by atoms with Crippen molar-refractivity contribution in [1.29, 1.82) is 0 Å². The third kappa shape index (κ3) is 3.00. The van der Waals surface area contributed by atoms with E-state index in [-0.39, 0.29) is 17.7 Å². The summed E-state index contributed by atoms with van der Waals surface area (Å²) in [6.07, 6.45) is 0.406. The number of hydrogen-bond donors (Lipinski definition) is 2. The minimum absolute atomic E-state index is 0.123. The second kappa shape index (κ2) is 6.70. The van der Waals surface area contributed by atoms with Gasteiger partial charge in [0, 0.05) is 22.9 Å². The molecule has 6 nitrogen and oxygen atoms in total. The molecule has 1 aliphatic heterocycles. The van der Waals surface area contributed by atoms with Crippen LogP contribution in [0.15, 0.2) is 54.6 Å². The third-order valence-corrected chi connectivity index (χ3v) is 5.15. The van der Waals surface area contributed by atoms with Gasteiger partial charge in [-0.3, -0.25) is 9.89 Å². The van der Waals surface area contributed by atoms with Gasteiger partial charge in [0.15, 0.2) is 5.82 Å². The van der Waals surface area contributed by atoms with Gasteiger partial charge in [-0.2, -0.15) is 5.10 Å². The van der Waals surface area contributed by atoms with Gasteiger partial charge in [0.2, 0.25) is 0 Å². The van der Waals surface area contributed by atoms with Gasteiger partial charge < -0.3 is 10.1 Å². The Labute approximate surface area is 164 Å². The van der Waals surface area contributed by atoms with Crippen LogP contribution in [-0.2, 0) is 9.53 Å². The van der Waals surface area contributed by atoms with Crippen molar-refractivity contribution in [3.05, 3.63) is 66.0 Å². The van der Waals surface area contributed by atoms with E-state index < -0.39 is 23.7 Å². The first-order chi connectivity index (χ1) is 14.1. The number of fused-ring (bicyclic) bond motifs is 2. The van der Waals surface area contributed by atoms with Crippen molar-refractivity contribution in [2.75, 3.05) is 6.61 Å². The summed E-state index contributed by atoms with van der Waals surface area (Å²) in [5.41, 5.74) is 1.74. The first-order valence-corrected chi connectivity index (χ1v) is 9.24. The lowest BCUT2D eigenvalue weighted by molar-refractivity contribution is -0.139. The maximum Gasteiger partial charge on any atom is 0.328 e. The van der Waals surface area contributed by atoms with Crippen molar-refractivity contribution in [3.8, 4) is 11.3 Å². The molecule has 4 aromatic rings. The van der Waals surface area contributed by atoms with Crippen LogP contribution in [0.1, 0.15) is 16.8 Å². The zero-order valence-corrected chi connectivity index (χ0v) is 15.2. The number of nitrogens with zero attached hydrogens (tertiary/aromatic N) is 1. The molecule has 29 heavy (non-hydrogen) atoms. The highest BCUT2D eigenvalue weighted by Gasteiger charge is 2.28. The van der Waals surface area contributed by atoms with Gasteiger partial charge in [-0.1, -0.05) is 36.4 Å². The first kappa shape index (κ1) is 17.4. The number of hydrogen-bond acceptors (Lipinski definition) is 4. The number of aromatic nitrogens is 2. The molecular weight excluding hydrogens is 373 g/mol. The van der Waals surface area contributed by atoms with Crippen LogP contribution in [0, 0.1) is 5.82 Å². The molecule has 1 aromatic heterocycles. The van der Waals surface area contributed by atoms with Crippen molar-refractivity contribution < 1.29 is 18.7 Å². The number of aromatic amines is 1. The first-order valence-electron chi connectivity index (χ1n) is 9.24. The van der Waals surface area contributed by atoms with E-state index in [1.54, 1.807) is 6.07 Å². The van der Waals surface area contributed by atoms with E-state index in [1.807, 2.05) is 42.5 Å². The van der Waals surface area contributed by atoms with Crippen molar-refractivity contribution in [2.24, 2.45) is 0 Å². The Morgan fingerprint density at radius 2 is 1.97 bits per heavy atom. The van der Waals surface area contributed by atoms with Crippen molar-refractivity contribution in [3.63, 3.8) is 0 Å². The Morgan fingerprint density at radius 3 is 2.76 bits per heavy atom. The van der Waals surface area contributed by atoms with Crippen LogP contribution in [0.2, 0.25) is 0 Å². The molecule has 0 bridgehead atoms. The smallest absolute Gasteiger partial charge is 0.328 e. The normalized spacial score (nSPS) is 16.3. The zero-order chi connectivity index (χ0) is 20.0. The summed E-state index contributed by atoms with van der Waals surface area (Å²) in [5, 5.41) is 12.2. The quantitative estimate of drug-likeness (QED) is 0.525. The standard InChI is InChI=1S/C22H16FN3O3/c23-17-11-15(21(27)24-18-7-8-29-22(18)28)10-16-19(25-26-20(16)17)14-6-5-12-3-1-2-4-13(12)9-14/h1-6,9-11,18H,7-8H2,(H,24,27)(H,25,26)/t18-/m1/s1.